The summed E-state index contributed by atoms with van der Waals surface area (Å²) >= 11 is 0. The fourth-order valence-electron chi connectivity index (χ4n) is 0.896. The summed E-state index contributed by atoms with van der Waals surface area (Å²) in [6, 6.07) is 4.10. The topological polar surface area (TPSA) is 70.0 Å². The average Bonchev–Trinajstić information content (AvgIpc) is 2.03. The van der Waals surface area contributed by atoms with Crippen molar-refractivity contribution in [3.63, 3.8) is 0 Å². The fourth-order valence-corrected chi connectivity index (χ4v) is 0.896. The van der Waals surface area contributed by atoms with Gasteiger partial charge in [-0.2, -0.15) is 5.26 Å². The monoisotopic (exact) mass is 166 g/mol. The van der Waals surface area contributed by atoms with Crippen LogP contribution < -0.4 is 5.73 Å². The van der Waals surface area contributed by atoms with E-state index in [1.165, 1.54) is 6.07 Å². The number of nitrogen functional groups attached to an aromatic ring is 1. The standard InChI is InChI=1S/C8H7FN2O/c9-7-1-5(4-12)2-8(11)6(7)3-10/h1-2,12H,4,11H2. The zero-order valence-corrected chi connectivity index (χ0v) is 6.21. The molecule has 0 aliphatic rings. The number of anilines is 1. The number of hydrogen-bond donors (Lipinski definition) is 2. The Balaban J connectivity index is 3.30. The minimum Gasteiger partial charge on any atom is -0.398 e. The van der Waals surface area contributed by atoms with Crippen molar-refractivity contribution in [2.24, 2.45) is 0 Å². The second kappa shape index (κ2) is 3.20. The Morgan fingerprint density at radius 2 is 2.25 bits per heavy atom. The molecule has 3 N–H and O–H groups in total. The quantitative estimate of drug-likeness (QED) is 0.605. The third-order valence-corrected chi connectivity index (χ3v) is 1.47. The first-order valence-electron chi connectivity index (χ1n) is 3.28. The molecule has 3 nitrogen and oxygen atoms in total. The van der Waals surface area contributed by atoms with Gasteiger partial charge in [0, 0.05) is 0 Å². The van der Waals surface area contributed by atoms with E-state index >= 15 is 0 Å². The molecule has 0 fully saturated rings. The molecular formula is C8H7FN2O. The number of aliphatic hydroxyl groups excluding tert-OH is 1. The lowest BCUT2D eigenvalue weighted by Crippen LogP contribution is -1.97. The van der Waals surface area contributed by atoms with Gasteiger partial charge in [-0.1, -0.05) is 0 Å². The van der Waals surface area contributed by atoms with E-state index < -0.39 is 5.82 Å². The van der Waals surface area contributed by atoms with E-state index in [1.54, 1.807) is 6.07 Å². The Hall–Kier alpha value is -1.60. The predicted octanol–water partition coefficient (Wildman–Crippen LogP) is 0.772. The third kappa shape index (κ3) is 1.36. The fraction of sp³-hybridized carbons (Fsp3) is 0.125. The van der Waals surface area contributed by atoms with Crippen LogP contribution in [0.15, 0.2) is 12.1 Å². The molecule has 0 bridgehead atoms. The number of aliphatic hydroxyl groups is 1. The molecule has 12 heavy (non-hydrogen) atoms. The molecule has 0 spiro atoms. The van der Waals surface area contributed by atoms with E-state index in [0.717, 1.165) is 6.07 Å². The molecule has 0 saturated heterocycles. The molecule has 0 aliphatic heterocycles. The van der Waals surface area contributed by atoms with Gasteiger partial charge < -0.3 is 10.8 Å². The van der Waals surface area contributed by atoms with Gasteiger partial charge in [-0.25, -0.2) is 4.39 Å². The zero-order chi connectivity index (χ0) is 9.14. The molecule has 1 rings (SSSR count). The number of nitrogens with two attached hydrogens (primary N) is 1. The molecule has 0 heterocycles. The molecule has 1 aromatic carbocycles. The highest BCUT2D eigenvalue weighted by molar-refractivity contribution is 5.56. The summed E-state index contributed by atoms with van der Waals surface area (Å²) in [4.78, 5) is 0. The normalized spacial score (nSPS) is 9.42. The van der Waals surface area contributed by atoms with Crippen molar-refractivity contribution in [1.82, 2.24) is 0 Å². The highest BCUT2D eigenvalue weighted by Gasteiger charge is 2.06. The third-order valence-electron chi connectivity index (χ3n) is 1.47. The van der Waals surface area contributed by atoms with Crippen LogP contribution >= 0.6 is 0 Å². The van der Waals surface area contributed by atoms with Gasteiger partial charge in [-0.05, 0) is 17.7 Å². The van der Waals surface area contributed by atoms with Crippen LogP contribution in [-0.4, -0.2) is 5.11 Å². The lowest BCUT2D eigenvalue weighted by atomic mass is 10.1. The Kier molecular flexibility index (Phi) is 2.26. The number of halogens is 1. The maximum Gasteiger partial charge on any atom is 0.143 e. The molecule has 0 aromatic heterocycles. The van der Waals surface area contributed by atoms with Crippen molar-refractivity contribution >= 4 is 5.69 Å². The van der Waals surface area contributed by atoms with Crippen LogP contribution in [0.25, 0.3) is 0 Å². The number of rotatable bonds is 1. The van der Waals surface area contributed by atoms with E-state index in [0.29, 0.717) is 5.56 Å². The van der Waals surface area contributed by atoms with Crippen LogP contribution in [0.5, 0.6) is 0 Å². The Morgan fingerprint density at radius 1 is 1.58 bits per heavy atom. The van der Waals surface area contributed by atoms with Gasteiger partial charge >= 0.3 is 0 Å². The van der Waals surface area contributed by atoms with Gasteiger partial charge in [0.05, 0.1) is 12.3 Å². The Labute approximate surface area is 68.9 Å². The van der Waals surface area contributed by atoms with Crippen LogP contribution in [0.2, 0.25) is 0 Å². The van der Waals surface area contributed by atoms with E-state index in [2.05, 4.69) is 0 Å². The van der Waals surface area contributed by atoms with Crippen LogP contribution in [0, 0.1) is 17.1 Å². The van der Waals surface area contributed by atoms with Crippen molar-refractivity contribution < 1.29 is 9.50 Å². The molecular weight excluding hydrogens is 159 g/mol. The molecule has 0 radical (unpaired) electrons. The first kappa shape index (κ1) is 8.50. The second-order valence-electron chi connectivity index (χ2n) is 2.31. The lowest BCUT2D eigenvalue weighted by Gasteiger charge is -2.01. The van der Waals surface area contributed by atoms with Crippen LogP contribution in [-0.2, 0) is 6.61 Å². The van der Waals surface area contributed by atoms with Crippen molar-refractivity contribution in [1.29, 1.82) is 5.26 Å². The van der Waals surface area contributed by atoms with Crippen LogP contribution in [0.1, 0.15) is 11.1 Å². The summed E-state index contributed by atoms with van der Waals surface area (Å²) in [6.07, 6.45) is 0. The van der Waals surface area contributed by atoms with Gasteiger partial charge in [-0.3, -0.25) is 0 Å². The lowest BCUT2D eigenvalue weighted by molar-refractivity contribution is 0.281. The predicted molar refractivity (Wildman–Crippen MR) is 41.5 cm³/mol. The van der Waals surface area contributed by atoms with Gasteiger partial charge in [0.15, 0.2) is 0 Å². The summed E-state index contributed by atoms with van der Waals surface area (Å²) in [5.41, 5.74) is 5.58. The molecule has 0 atom stereocenters. The molecule has 0 amide bonds. The minimum atomic E-state index is -0.693. The van der Waals surface area contributed by atoms with Gasteiger partial charge in [-0.15, -0.1) is 0 Å². The summed E-state index contributed by atoms with van der Waals surface area (Å²) < 4.78 is 12.9. The van der Waals surface area contributed by atoms with Gasteiger partial charge in [0.2, 0.25) is 0 Å². The van der Waals surface area contributed by atoms with Gasteiger partial charge in [0.1, 0.15) is 17.4 Å². The summed E-state index contributed by atoms with van der Waals surface area (Å²) in [7, 11) is 0. The molecule has 62 valence electrons. The summed E-state index contributed by atoms with van der Waals surface area (Å²) in [5.74, 6) is -0.693. The first-order chi connectivity index (χ1) is 5.69. The summed E-state index contributed by atoms with van der Waals surface area (Å²) in [5, 5.41) is 17.1. The largest absolute Gasteiger partial charge is 0.398 e. The maximum atomic E-state index is 12.9. The molecule has 1 aromatic rings. The molecule has 0 unspecified atom stereocenters. The zero-order valence-electron chi connectivity index (χ0n) is 6.21. The Bertz CT molecular complexity index is 320. The summed E-state index contributed by atoms with van der Waals surface area (Å²) in [6.45, 7) is -0.285. The van der Waals surface area contributed by atoms with Crippen molar-refractivity contribution in [3.05, 3.63) is 29.1 Å². The maximum absolute atomic E-state index is 12.9. The number of nitrogens with zero attached hydrogens (tertiary/aromatic N) is 1. The Morgan fingerprint density at radius 3 is 2.67 bits per heavy atom. The first-order valence-corrected chi connectivity index (χ1v) is 3.28. The molecule has 4 heteroatoms. The number of hydrogen-bond acceptors (Lipinski definition) is 3. The second-order valence-corrected chi connectivity index (χ2v) is 2.31. The van der Waals surface area contributed by atoms with E-state index in [1.807, 2.05) is 0 Å². The minimum absolute atomic E-state index is 0.0570. The van der Waals surface area contributed by atoms with Gasteiger partial charge in [0.25, 0.3) is 0 Å². The molecule has 0 saturated carbocycles. The van der Waals surface area contributed by atoms with Crippen molar-refractivity contribution in [3.8, 4) is 6.07 Å². The van der Waals surface area contributed by atoms with E-state index in [9.17, 15) is 4.39 Å². The highest BCUT2D eigenvalue weighted by Crippen LogP contribution is 2.17. The van der Waals surface area contributed by atoms with Crippen molar-refractivity contribution in [2.45, 2.75) is 6.61 Å². The van der Waals surface area contributed by atoms with Crippen molar-refractivity contribution in [2.75, 3.05) is 5.73 Å². The number of nitriles is 1. The van der Waals surface area contributed by atoms with E-state index in [4.69, 9.17) is 16.1 Å². The van der Waals surface area contributed by atoms with Crippen LogP contribution in [0.4, 0.5) is 10.1 Å². The van der Waals surface area contributed by atoms with E-state index in [-0.39, 0.29) is 17.9 Å². The SMILES string of the molecule is N#Cc1c(N)cc(CO)cc1F. The highest BCUT2D eigenvalue weighted by atomic mass is 19.1. The number of benzene rings is 1. The average molecular weight is 166 g/mol. The smallest absolute Gasteiger partial charge is 0.143 e. The molecule has 0 aliphatic carbocycles. The van der Waals surface area contributed by atoms with Crippen LogP contribution in [0.3, 0.4) is 0 Å².